The van der Waals surface area contributed by atoms with E-state index in [1.54, 1.807) is 12.4 Å². The summed E-state index contributed by atoms with van der Waals surface area (Å²) in [4.78, 5) is 17.5. The average molecular weight is 408 g/mol. The van der Waals surface area contributed by atoms with E-state index in [-0.39, 0.29) is 0 Å². The molecule has 3 heterocycles. The monoisotopic (exact) mass is 407 g/mol. The topological polar surface area (TPSA) is 78.1 Å². The van der Waals surface area contributed by atoms with Crippen molar-refractivity contribution in [1.29, 1.82) is 0 Å². The Morgan fingerprint density at radius 2 is 2.17 bits per heavy atom. The van der Waals surface area contributed by atoms with Crippen molar-refractivity contribution < 1.29 is 9.53 Å². The number of carbonyl (C=O) groups is 1. The van der Waals surface area contributed by atoms with Crippen molar-refractivity contribution in [2.45, 2.75) is 12.8 Å². The number of nitrogens with zero attached hydrogens (tertiary/aromatic N) is 2. The van der Waals surface area contributed by atoms with Crippen molar-refractivity contribution in [1.82, 2.24) is 9.36 Å². The molecule has 2 N–H and O–H groups in total. The summed E-state index contributed by atoms with van der Waals surface area (Å²) < 4.78 is 11.1. The summed E-state index contributed by atoms with van der Waals surface area (Å²) in [7, 11) is 0. The third-order valence-corrected chi connectivity index (χ3v) is 6.02. The van der Waals surface area contributed by atoms with Crippen LogP contribution in [-0.2, 0) is 12.8 Å². The Balaban J connectivity index is 1.86. The van der Waals surface area contributed by atoms with Crippen molar-refractivity contribution in [2.24, 2.45) is 5.73 Å². The second-order valence-corrected chi connectivity index (χ2v) is 7.76. The number of pyridine rings is 1. The molecule has 8 heteroatoms. The first-order valence-corrected chi connectivity index (χ1v) is 9.19. The number of halogens is 1. The predicted octanol–water partition coefficient (Wildman–Crippen LogP) is 4.02. The van der Waals surface area contributed by atoms with Crippen molar-refractivity contribution in [3.8, 4) is 21.3 Å². The van der Waals surface area contributed by atoms with Gasteiger partial charge >= 0.3 is 0 Å². The highest BCUT2D eigenvalue weighted by molar-refractivity contribution is 9.10. The smallest absolute Gasteiger partial charge is 0.259 e. The number of ether oxygens (including phenoxy) is 1. The Hall–Kier alpha value is -1.77. The van der Waals surface area contributed by atoms with E-state index in [1.165, 1.54) is 28.4 Å². The Kier molecular flexibility index (Phi) is 3.67. The molecule has 0 bridgehead atoms. The van der Waals surface area contributed by atoms with Crippen LogP contribution in [0, 0.1) is 0 Å². The maximum Gasteiger partial charge on any atom is 0.259 e. The van der Waals surface area contributed by atoms with Crippen molar-refractivity contribution in [3.05, 3.63) is 45.1 Å². The Labute approximate surface area is 148 Å². The van der Waals surface area contributed by atoms with E-state index in [2.05, 4.69) is 25.3 Å². The van der Waals surface area contributed by atoms with Gasteiger partial charge in [-0.15, -0.1) is 0 Å². The fourth-order valence-electron chi connectivity index (χ4n) is 2.64. The van der Waals surface area contributed by atoms with Gasteiger partial charge in [0.05, 0.1) is 21.5 Å². The molecule has 0 atom stereocenters. The van der Waals surface area contributed by atoms with Crippen molar-refractivity contribution in [2.75, 3.05) is 0 Å². The minimum Gasteiger partial charge on any atom is -0.444 e. The predicted molar refractivity (Wildman–Crippen MR) is 93.4 cm³/mol. The zero-order valence-electron chi connectivity index (χ0n) is 11.7. The van der Waals surface area contributed by atoms with Crippen LogP contribution in [0.2, 0.25) is 0 Å². The van der Waals surface area contributed by atoms with Gasteiger partial charge in [-0.3, -0.25) is 9.78 Å². The summed E-state index contributed by atoms with van der Waals surface area (Å²) in [6, 6.07) is 1.83. The molecule has 0 saturated carbocycles. The van der Waals surface area contributed by atoms with E-state index < -0.39 is 5.91 Å². The van der Waals surface area contributed by atoms with Gasteiger partial charge in [0.2, 0.25) is 0 Å². The largest absolute Gasteiger partial charge is 0.444 e. The quantitative estimate of drug-likeness (QED) is 0.710. The molecule has 3 aromatic heterocycles. The van der Waals surface area contributed by atoms with Crippen LogP contribution in [0.4, 0.5) is 0 Å². The van der Waals surface area contributed by atoms with Gasteiger partial charge in [0.25, 0.3) is 5.91 Å². The van der Waals surface area contributed by atoms with Gasteiger partial charge in [-0.25, -0.2) is 4.37 Å². The molecule has 0 radical (unpaired) electrons. The Bertz CT molecular complexity index is 919. The number of primary amides is 1. The van der Waals surface area contributed by atoms with Gasteiger partial charge < -0.3 is 10.5 Å². The molecule has 1 aliphatic carbocycles. The molecule has 4 rings (SSSR count). The molecule has 0 unspecified atom stereocenters. The SMILES string of the molecule is NC(=O)c1sc(Oc2cncc(Br)c2)c2c1CCc1cnsc1-2. The minimum absolute atomic E-state index is 0.415. The molecular weight excluding hydrogens is 398 g/mol. The van der Waals surface area contributed by atoms with Crippen molar-refractivity contribution in [3.63, 3.8) is 0 Å². The molecule has 5 nitrogen and oxygen atoms in total. The van der Waals surface area contributed by atoms with Crippen LogP contribution in [0.3, 0.4) is 0 Å². The lowest BCUT2D eigenvalue weighted by atomic mass is 9.93. The molecule has 0 aromatic carbocycles. The highest BCUT2D eigenvalue weighted by Crippen LogP contribution is 2.49. The summed E-state index contributed by atoms with van der Waals surface area (Å²) in [5, 5.41) is 0.666. The third-order valence-electron chi connectivity index (χ3n) is 3.60. The van der Waals surface area contributed by atoms with Crippen LogP contribution in [0.5, 0.6) is 10.8 Å². The zero-order chi connectivity index (χ0) is 16.0. The zero-order valence-corrected chi connectivity index (χ0v) is 14.9. The first kappa shape index (κ1) is 14.8. The van der Waals surface area contributed by atoms with Gasteiger partial charge in [0, 0.05) is 16.9 Å². The van der Waals surface area contributed by atoms with E-state index >= 15 is 0 Å². The number of rotatable bonds is 3. The number of fused-ring (bicyclic) bond motifs is 3. The number of nitrogens with two attached hydrogens (primary N) is 1. The Morgan fingerprint density at radius 3 is 2.96 bits per heavy atom. The molecular formula is C15H10BrN3O2S2. The number of carbonyl (C=O) groups excluding carboxylic acids is 1. The second-order valence-electron chi connectivity index (χ2n) is 5.06. The fourth-order valence-corrected chi connectivity index (χ4v) is 4.99. The molecule has 0 saturated heterocycles. The van der Waals surface area contributed by atoms with Crippen molar-refractivity contribution >= 4 is 44.7 Å². The lowest BCUT2D eigenvalue weighted by Gasteiger charge is -2.13. The molecule has 3 aromatic rings. The molecule has 0 fully saturated rings. The number of amides is 1. The lowest BCUT2D eigenvalue weighted by Crippen LogP contribution is -2.12. The summed E-state index contributed by atoms with van der Waals surface area (Å²) in [6.07, 6.45) is 6.85. The van der Waals surface area contributed by atoms with E-state index in [0.29, 0.717) is 15.7 Å². The number of aryl methyl sites for hydroxylation is 1. The first-order valence-electron chi connectivity index (χ1n) is 6.81. The highest BCUT2D eigenvalue weighted by Gasteiger charge is 2.29. The fraction of sp³-hybridized carbons (Fsp3) is 0.133. The molecule has 23 heavy (non-hydrogen) atoms. The second kappa shape index (κ2) is 5.70. The van der Waals surface area contributed by atoms with E-state index in [9.17, 15) is 4.79 Å². The maximum absolute atomic E-state index is 11.8. The van der Waals surface area contributed by atoms with Gasteiger partial charge in [-0.2, -0.15) is 0 Å². The Morgan fingerprint density at radius 1 is 1.30 bits per heavy atom. The average Bonchev–Trinajstić information content (AvgIpc) is 3.11. The van der Waals surface area contributed by atoms with Gasteiger partial charge in [0.15, 0.2) is 5.06 Å². The summed E-state index contributed by atoms with van der Waals surface area (Å²) >= 11 is 6.09. The summed E-state index contributed by atoms with van der Waals surface area (Å²) in [6.45, 7) is 0. The molecule has 0 spiro atoms. The summed E-state index contributed by atoms with van der Waals surface area (Å²) in [5.41, 5.74) is 8.66. The van der Waals surface area contributed by atoms with Gasteiger partial charge in [-0.05, 0) is 57.5 Å². The van der Waals surface area contributed by atoms with Crippen LogP contribution in [0.15, 0.2) is 29.1 Å². The number of hydrogen-bond acceptors (Lipinski definition) is 6. The summed E-state index contributed by atoms with van der Waals surface area (Å²) in [5.74, 6) is 0.192. The normalized spacial score (nSPS) is 12.6. The van der Waals surface area contributed by atoms with Crippen LogP contribution < -0.4 is 10.5 Å². The number of aromatic nitrogens is 2. The van der Waals surface area contributed by atoms with Crippen LogP contribution in [0.25, 0.3) is 10.4 Å². The standard InChI is InChI=1S/C15H10BrN3O2S2/c16-8-3-9(6-18-5-8)21-15-11-10(13(22-15)14(17)20)2-1-7-4-19-23-12(7)11/h3-6H,1-2H2,(H2,17,20). The molecule has 116 valence electrons. The molecule has 0 aliphatic heterocycles. The van der Waals surface area contributed by atoms with Crippen LogP contribution >= 0.6 is 38.8 Å². The van der Waals surface area contributed by atoms with E-state index in [0.717, 1.165) is 33.3 Å². The third kappa shape index (κ3) is 2.56. The van der Waals surface area contributed by atoms with Crippen LogP contribution in [0.1, 0.15) is 20.8 Å². The van der Waals surface area contributed by atoms with E-state index in [4.69, 9.17) is 10.5 Å². The molecule has 1 aliphatic rings. The number of hydrogen-bond donors (Lipinski definition) is 1. The van der Waals surface area contributed by atoms with Gasteiger partial charge in [-0.1, -0.05) is 11.3 Å². The highest BCUT2D eigenvalue weighted by atomic mass is 79.9. The van der Waals surface area contributed by atoms with E-state index in [1.807, 2.05) is 12.3 Å². The van der Waals surface area contributed by atoms with Gasteiger partial charge in [0.1, 0.15) is 5.75 Å². The van der Waals surface area contributed by atoms with Crippen LogP contribution in [-0.4, -0.2) is 15.3 Å². The lowest BCUT2D eigenvalue weighted by molar-refractivity contribution is 0.100. The minimum atomic E-state index is -0.415. The maximum atomic E-state index is 11.8. The first-order chi connectivity index (χ1) is 11.1. The number of thiophene rings is 1. The molecule has 1 amide bonds.